The molecule has 19 heavy (non-hydrogen) atoms. The molecule has 104 valence electrons. The van der Waals surface area contributed by atoms with Crippen LogP contribution in [0.3, 0.4) is 0 Å². The fourth-order valence-electron chi connectivity index (χ4n) is 2.03. The number of likely N-dealkylation sites (N-methyl/N-ethyl adjacent to an activating group) is 1. The van der Waals surface area contributed by atoms with Crippen LogP contribution >= 0.6 is 11.6 Å². The standard InChI is InChI=1S/C13H15ClF2N2O/c1-17-2-4-18(5-3-17)8-13(19)9-6-12(16)10(14)7-11(9)15/h6-7H,2-5,8H2,1H3. The lowest BCUT2D eigenvalue weighted by Gasteiger charge is -2.31. The maximum atomic E-state index is 13.6. The first-order valence-corrected chi connectivity index (χ1v) is 6.44. The second kappa shape index (κ2) is 5.94. The number of carbonyl (C=O) groups is 1. The van der Waals surface area contributed by atoms with Gasteiger partial charge in [0.2, 0.25) is 0 Å². The molecular weight excluding hydrogens is 274 g/mol. The second-order valence-electron chi connectivity index (χ2n) is 4.75. The Kier molecular flexibility index (Phi) is 4.50. The Hall–Kier alpha value is -1.04. The summed E-state index contributed by atoms with van der Waals surface area (Å²) in [6.07, 6.45) is 0. The highest BCUT2D eigenvalue weighted by Gasteiger charge is 2.20. The van der Waals surface area contributed by atoms with Gasteiger partial charge < -0.3 is 4.90 Å². The second-order valence-corrected chi connectivity index (χ2v) is 5.16. The van der Waals surface area contributed by atoms with Crippen LogP contribution in [0.15, 0.2) is 12.1 Å². The topological polar surface area (TPSA) is 23.6 Å². The minimum Gasteiger partial charge on any atom is -0.304 e. The molecule has 1 fully saturated rings. The fraction of sp³-hybridized carbons (Fsp3) is 0.462. The summed E-state index contributed by atoms with van der Waals surface area (Å²) >= 11 is 5.46. The zero-order chi connectivity index (χ0) is 14.0. The third-order valence-corrected chi connectivity index (χ3v) is 3.56. The lowest BCUT2D eigenvalue weighted by Crippen LogP contribution is -2.46. The van der Waals surface area contributed by atoms with Crippen molar-refractivity contribution in [2.75, 3.05) is 39.8 Å². The van der Waals surface area contributed by atoms with Crippen molar-refractivity contribution >= 4 is 17.4 Å². The van der Waals surface area contributed by atoms with Gasteiger partial charge in [-0.1, -0.05) is 11.6 Å². The van der Waals surface area contributed by atoms with E-state index >= 15 is 0 Å². The van der Waals surface area contributed by atoms with Crippen LogP contribution in [0.1, 0.15) is 10.4 Å². The monoisotopic (exact) mass is 288 g/mol. The summed E-state index contributed by atoms with van der Waals surface area (Å²) < 4.78 is 26.9. The molecule has 0 saturated carbocycles. The van der Waals surface area contributed by atoms with Crippen LogP contribution in [0.2, 0.25) is 5.02 Å². The number of ketones is 1. The zero-order valence-electron chi connectivity index (χ0n) is 10.6. The maximum absolute atomic E-state index is 13.6. The van der Waals surface area contributed by atoms with Crippen molar-refractivity contribution in [3.8, 4) is 0 Å². The van der Waals surface area contributed by atoms with Crippen LogP contribution in [0.4, 0.5) is 8.78 Å². The summed E-state index contributed by atoms with van der Waals surface area (Å²) in [4.78, 5) is 16.1. The number of hydrogen-bond donors (Lipinski definition) is 0. The molecule has 1 aliphatic rings. The first-order chi connectivity index (χ1) is 8.97. The van der Waals surface area contributed by atoms with Crippen LogP contribution in [-0.4, -0.2) is 55.4 Å². The van der Waals surface area contributed by atoms with Crippen LogP contribution in [0, 0.1) is 11.6 Å². The number of halogens is 3. The van der Waals surface area contributed by atoms with Crippen molar-refractivity contribution in [2.24, 2.45) is 0 Å². The SMILES string of the molecule is CN1CCN(CC(=O)c2cc(F)c(Cl)cc2F)CC1. The Bertz CT molecular complexity index is 488. The Morgan fingerprint density at radius 1 is 1.21 bits per heavy atom. The van der Waals surface area contributed by atoms with Crippen molar-refractivity contribution in [3.63, 3.8) is 0 Å². The van der Waals surface area contributed by atoms with E-state index in [1.807, 2.05) is 11.9 Å². The number of Topliss-reactive ketones (excluding diaryl/α,β-unsaturated/α-hetero) is 1. The van der Waals surface area contributed by atoms with E-state index in [1.165, 1.54) is 0 Å². The fourth-order valence-corrected chi connectivity index (χ4v) is 2.18. The lowest BCUT2D eigenvalue weighted by atomic mass is 10.1. The molecule has 1 aromatic rings. The summed E-state index contributed by atoms with van der Waals surface area (Å²) in [6.45, 7) is 3.33. The van der Waals surface area contributed by atoms with Gasteiger partial charge in [0.25, 0.3) is 0 Å². The Morgan fingerprint density at radius 3 is 2.47 bits per heavy atom. The molecular formula is C13H15ClF2N2O. The van der Waals surface area contributed by atoms with Crippen molar-refractivity contribution in [2.45, 2.75) is 0 Å². The molecule has 0 bridgehead atoms. The molecule has 1 aliphatic heterocycles. The van der Waals surface area contributed by atoms with Gasteiger partial charge in [-0.05, 0) is 19.2 Å². The molecule has 2 rings (SSSR count). The third-order valence-electron chi connectivity index (χ3n) is 3.27. The van der Waals surface area contributed by atoms with Crippen LogP contribution in [-0.2, 0) is 0 Å². The van der Waals surface area contributed by atoms with Gasteiger partial charge in [-0.15, -0.1) is 0 Å². The van der Waals surface area contributed by atoms with Gasteiger partial charge in [0.05, 0.1) is 17.1 Å². The molecule has 1 saturated heterocycles. The average molecular weight is 289 g/mol. The molecule has 6 heteroatoms. The van der Waals surface area contributed by atoms with Gasteiger partial charge in [-0.2, -0.15) is 0 Å². The molecule has 0 radical (unpaired) electrons. The average Bonchev–Trinajstić information content (AvgIpc) is 2.36. The van der Waals surface area contributed by atoms with Gasteiger partial charge in [0, 0.05) is 26.2 Å². The van der Waals surface area contributed by atoms with E-state index in [4.69, 9.17) is 11.6 Å². The highest BCUT2D eigenvalue weighted by Crippen LogP contribution is 2.20. The smallest absolute Gasteiger partial charge is 0.179 e. The number of nitrogens with zero attached hydrogens (tertiary/aromatic N) is 2. The summed E-state index contributed by atoms with van der Waals surface area (Å²) in [7, 11) is 2.01. The Labute approximate surface area is 115 Å². The molecule has 0 N–H and O–H groups in total. The number of benzene rings is 1. The summed E-state index contributed by atoms with van der Waals surface area (Å²) in [5.41, 5.74) is -0.235. The first kappa shape index (κ1) is 14.4. The highest BCUT2D eigenvalue weighted by atomic mass is 35.5. The molecule has 3 nitrogen and oxygen atoms in total. The molecule has 0 amide bonds. The van der Waals surface area contributed by atoms with Gasteiger partial charge in [0.1, 0.15) is 11.6 Å². The Balaban J connectivity index is 2.06. The van der Waals surface area contributed by atoms with E-state index in [9.17, 15) is 13.6 Å². The van der Waals surface area contributed by atoms with Crippen molar-refractivity contribution < 1.29 is 13.6 Å². The molecule has 0 unspecified atom stereocenters. The predicted octanol–water partition coefficient (Wildman–Crippen LogP) is 2.05. The van der Waals surface area contributed by atoms with Crippen molar-refractivity contribution in [1.82, 2.24) is 9.80 Å². The Morgan fingerprint density at radius 2 is 1.84 bits per heavy atom. The van der Waals surface area contributed by atoms with E-state index in [0.717, 1.165) is 38.3 Å². The van der Waals surface area contributed by atoms with Crippen LogP contribution in [0.25, 0.3) is 0 Å². The highest BCUT2D eigenvalue weighted by molar-refractivity contribution is 6.30. The summed E-state index contributed by atoms with van der Waals surface area (Å²) in [5.74, 6) is -1.96. The van der Waals surface area contributed by atoms with Gasteiger partial charge in [-0.3, -0.25) is 9.69 Å². The zero-order valence-corrected chi connectivity index (χ0v) is 11.4. The minimum absolute atomic E-state index is 0.103. The van der Waals surface area contributed by atoms with E-state index in [1.54, 1.807) is 0 Å². The molecule has 0 spiro atoms. The summed E-state index contributed by atoms with van der Waals surface area (Å²) in [5, 5.41) is -0.311. The van der Waals surface area contributed by atoms with Crippen LogP contribution < -0.4 is 0 Å². The van der Waals surface area contributed by atoms with Crippen molar-refractivity contribution in [1.29, 1.82) is 0 Å². The van der Waals surface area contributed by atoms with Gasteiger partial charge in [0.15, 0.2) is 5.78 Å². The first-order valence-electron chi connectivity index (χ1n) is 6.06. The van der Waals surface area contributed by atoms with Crippen LogP contribution in [0.5, 0.6) is 0 Å². The van der Waals surface area contributed by atoms with Gasteiger partial charge >= 0.3 is 0 Å². The number of piperazine rings is 1. The quantitative estimate of drug-likeness (QED) is 0.628. The molecule has 0 aliphatic carbocycles. The number of carbonyl (C=O) groups excluding carboxylic acids is 1. The minimum atomic E-state index is -0.773. The predicted molar refractivity (Wildman–Crippen MR) is 69.6 cm³/mol. The molecule has 1 aromatic carbocycles. The number of rotatable bonds is 3. The van der Waals surface area contributed by atoms with E-state index in [0.29, 0.717) is 0 Å². The normalized spacial score (nSPS) is 17.7. The lowest BCUT2D eigenvalue weighted by molar-refractivity contribution is 0.0872. The maximum Gasteiger partial charge on any atom is 0.179 e. The van der Waals surface area contributed by atoms with Crippen molar-refractivity contribution in [3.05, 3.63) is 34.4 Å². The molecule has 1 heterocycles. The van der Waals surface area contributed by atoms with Gasteiger partial charge in [-0.25, -0.2) is 8.78 Å². The summed E-state index contributed by atoms with van der Waals surface area (Å²) in [6, 6.07) is 1.71. The largest absolute Gasteiger partial charge is 0.304 e. The molecule has 0 aromatic heterocycles. The number of hydrogen-bond acceptors (Lipinski definition) is 3. The van der Waals surface area contributed by atoms with E-state index in [2.05, 4.69) is 4.90 Å². The van der Waals surface area contributed by atoms with E-state index < -0.39 is 17.4 Å². The van der Waals surface area contributed by atoms with E-state index in [-0.39, 0.29) is 17.1 Å². The molecule has 0 atom stereocenters. The third kappa shape index (κ3) is 3.49.